The van der Waals surface area contributed by atoms with Crippen LogP contribution in [0.3, 0.4) is 0 Å². The number of halogens is 1. The van der Waals surface area contributed by atoms with Crippen molar-refractivity contribution >= 4 is 5.96 Å². The smallest absolute Gasteiger partial charge is 0.191 e. The number of aryl methyl sites for hydroxylation is 1. The summed E-state index contributed by atoms with van der Waals surface area (Å²) < 4.78 is 16.0. The second kappa shape index (κ2) is 9.52. The van der Waals surface area contributed by atoms with Crippen LogP contribution in [0.25, 0.3) is 5.69 Å². The van der Waals surface area contributed by atoms with E-state index in [1.165, 1.54) is 11.6 Å². The van der Waals surface area contributed by atoms with E-state index in [2.05, 4.69) is 44.9 Å². The van der Waals surface area contributed by atoms with Gasteiger partial charge in [0, 0.05) is 32.5 Å². The number of hydrogen-bond acceptors (Lipinski definition) is 2. The molecule has 27 heavy (non-hydrogen) atoms. The van der Waals surface area contributed by atoms with Crippen molar-refractivity contribution < 1.29 is 4.39 Å². The van der Waals surface area contributed by atoms with Crippen molar-refractivity contribution in [3.63, 3.8) is 0 Å². The van der Waals surface area contributed by atoms with Crippen molar-refractivity contribution in [2.45, 2.75) is 19.4 Å². The molecule has 1 heterocycles. The maximum atomic E-state index is 14.3. The largest absolute Gasteiger partial charge is 0.356 e. The second-order valence-corrected chi connectivity index (χ2v) is 6.20. The molecule has 6 heteroatoms. The zero-order valence-electron chi connectivity index (χ0n) is 15.4. The summed E-state index contributed by atoms with van der Waals surface area (Å²) in [5, 5.41) is 6.51. The lowest BCUT2D eigenvalue weighted by molar-refractivity contribution is 0.614. The maximum absolute atomic E-state index is 14.3. The second-order valence-electron chi connectivity index (χ2n) is 6.20. The summed E-state index contributed by atoms with van der Waals surface area (Å²) in [6.07, 6.45) is 6.96. The van der Waals surface area contributed by atoms with Crippen LogP contribution in [0.2, 0.25) is 0 Å². The van der Waals surface area contributed by atoms with Crippen molar-refractivity contribution in [1.82, 2.24) is 20.2 Å². The van der Waals surface area contributed by atoms with Gasteiger partial charge in [-0.2, -0.15) is 0 Å². The van der Waals surface area contributed by atoms with E-state index in [1.807, 2.05) is 12.1 Å². The van der Waals surface area contributed by atoms with Gasteiger partial charge < -0.3 is 15.2 Å². The molecule has 0 bridgehead atoms. The zero-order valence-corrected chi connectivity index (χ0v) is 15.4. The van der Waals surface area contributed by atoms with E-state index in [0.29, 0.717) is 18.2 Å². The highest BCUT2D eigenvalue weighted by Gasteiger charge is 2.06. The fourth-order valence-electron chi connectivity index (χ4n) is 2.82. The Balaban J connectivity index is 1.46. The first-order valence-corrected chi connectivity index (χ1v) is 9.01. The number of benzene rings is 2. The first kappa shape index (κ1) is 18.6. The Hall–Kier alpha value is -3.15. The minimum atomic E-state index is -0.280. The van der Waals surface area contributed by atoms with Crippen LogP contribution in [-0.2, 0) is 13.0 Å². The number of nitrogens with one attached hydrogen (secondary N) is 2. The molecule has 0 atom stereocenters. The van der Waals surface area contributed by atoms with E-state index < -0.39 is 0 Å². The van der Waals surface area contributed by atoms with Gasteiger partial charge in [-0.25, -0.2) is 9.37 Å². The van der Waals surface area contributed by atoms with E-state index >= 15 is 0 Å². The predicted octanol–water partition coefficient (Wildman–Crippen LogP) is 3.31. The number of imidazole rings is 1. The minimum Gasteiger partial charge on any atom is -0.356 e. The average Bonchev–Trinajstić information content (AvgIpc) is 3.23. The van der Waals surface area contributed by atoms with E-state index in [4.69, 9.17) is 0 Å². The van der Waals surface area contributed by atoms with Gasteiger partial charge in [-0.3, -0.25) is 4.99 Å². The fraction of sp³-hybridized carbons (Fsp3) is 0.238. The molecule has 0 saturated carbocycles. The summed E-state index contributed by atoms with van der Waals surface area (Å²) in [4.78, 5) is 8.16. The monoisotopic (exact) mass is 365 g/mol. The Bertz CT molecular complexity index is 860. The number of aromatic nitrogens is 2. The maximum Gasteiger partial charge on any atom is 0.191 e. The van der Waals surface area contributed by atoms with Gasteiger partial charge in [0.25, 0.3) is 0 Å². The molecule has 5 nitrogen and oxygen atoms in total. The third kappa shape index (κ3) is 5.41. The summed E-state index contributed by atoms with van der Waals surface area (Å²) in [6.45, 7) is 1.32. The Labute approximate surface area is 159 Å². The molecule has 0 amide bonds. The van der Waals surface area contributed by atoms with Crippen LogP contribution in [0.4, 0.5) is 4.39 Å². The number of guanidine groups is 1. The first-order chi connectivity index (χ1) is 13.3. The van der Waals surface area contributed by atoms with Gasteiger partial charge in [0.05, 0.1) is 12.0 Å². The van der Waals surface area contributed by atoms with Gasteiger partial charge in [0.2, 0.25) is 0 Å². The van der Waals surface area contributed by atoms with Crippen LogP contribution in [0.1, 0.15) is 17.5 Å². The van der Waals surface area contributed by atoms with Gasteiger partial charge >= 0.3 is 0 Å². The topological polar surface area (TPSA) is 54.2 Å². The highest BCUT2D eigenvalue weighted by molar-refractivity contribution is 5.79. The van der Waals surface area contributed by atoms with E-state index in [-0.39, 0.29) is 5.82 Å². The Morgan fingerprint density at radius 1 is 1.11 bits per heavy atom. The van der Waals surface area contributed by atoms with Crippen molar-refractivity contribution in [3.8, 4) is 5.69 Å². The molecule has 0 spiro atoms. The lowest BCUT2D eigenvalue weighted by Crippen LogP contribution is -2.37. The molecule has 2 aromatic carbocycles. The molecule has 0 aliphatic rings. The molecule has 140 valence electrons. The number of nitrogens with zero attached hydrogens (tertiary/aromatic N) is 3. The van der Waals surface area contributed by atoms with E-state index in [9.17, 15) is 4.39 Å². The van der Waals surface area contributed by atoms with Crippen LogP contribution in [0.5, 0.6) is 0 Å². The third-order valence-electron chi connectivity index (χ3n) is 4.26. The van der Waals surface area contributed by atoms with Crippen LogP contribution in [-0.4, -0.2) is 29.1 Å². The summed E-state index contributed by atoms with van der Waals surface area (Å²) in [7, 11) is 1.73. The molecule has 0 aliphatic carbocycles. The Kier molecular flexibility index (Phi) is 6.57. The molecular formula is C21H24FN5. The highest BCUT2D eigenvalue weighted by Crippen LogP contribution is 2.14. The molecular weight excluding hydrogens is 341 g/mol. The lowest BCUT2D eigenvalue weighted by atomic mass is 10.1. The molecule has 3 rings (SSSR count). The lowest BCUT2D eigenvalue weighted by Gasteiger charge is -2.13. The molecule has 0 saturated heterocycles. The Morgan fingerprint density at radius 2 is 1.96 bits per heavy atom. The zero-order chi connectivity index (χ0) is 18.9. The van der Waals surface area contributed by atoms with Crippen molar-refractivity contribution in [3.05, 3.63) is 84.2 Å². The molecule has 0 aliphatic heterocycles. The minimum absolute atomic E-state index is 0.280. The third-order valence-corrected chi connectivity index (χ3v) is 4.26. The van der Waals surface area contributed by atoms with Crippen LogP contribution < -0.4 is 10.6 Å². The average molecular weight is 365 g/mol. The molecule has 1 aromatic heterocycles. The molecule has 0 radical (unpaired) electrons. The SMILES string of the molecule is CN=C(NCCCc1ccccc1)NCc1ccc(-n2ccnc2)c(F)c1. The molecule has 3 aromatic rings. The highest BCUT2D eigenvalue weighted by atomic mass is 19.1. The van der Waals surface area contributed by atoms with Gasteiger partial charge in [-0.05, 0) is 36.1 Å². The van der Waals surface area contributed by atoms with Gasteiger partial charge in [-0.15, -0.1) is 0 Å². The van der Waals surface area contributed by atoms with Gasteiger partial charge in [0.1, 0.15) is 5.82 Å². The summed E-state index contributed by atoms with van der Waals surface area (Å²) >= 11 is 0. The van der Waals surface area contributed by atoms with Crippen molar-refractivity contribution in [2.75, 3.05) is 13.6 Å². The standard InChI is InChI=1S/C21H24FN5/c1-23-21(25-11-5-8-17-6-3-2-4-7-17)26-15-18-9-10-20(19(22)14-18)27-13-12-24-16-27/h2-4,6-7,9-10,12-14,16H,5,8,11,15H2,1H3,(H2,23,25,26). The normalized spacial score (nSPS) is 11.4. The van der Waals surface area contributed by atoms with Crippen LogP contribution in [0, 0.1) is 5.82 Å². The number of aliphatic imine (C=N–C) groups is 1. The van der Waals surface area contributed by atoms with Crippen LogP contribution in [0.15, 0.2) is 72.2 Å². The molecule has 0 fully saturated rings. The summed E-state index contributed by atoms with van der Waals surface area (Å²) in [6, 6.07) is 15.6. The van der Waals surface area contributed by atoms with Crippen LogP contribution >= 0.6 is 0 Å². The first-order valence-electron chi connectivity index (χ1n) is 9.01. The Morgan fingerprint density at radius 3 is 2.67 bits per heavy atom. The van der Waals surface area contributed by atoms with E-state index in [0.717, 1.165) is 24.9 Å². The number of hydrogen-bond donors (Lipinski definition) is 2. The van der Waals surface area contributed by atoms with E-state index in [1.54, 1.807) is 36.4 Å². The molecule has 2 N–H and O–H groups in total. The fourth-order valence-corrected chi connectivity index (χ4v) is 2.82. The quantitative estimate of drug-likeness (QED) is 0.384. The summed E-state index contributed by atoms with van der Waals surface area (Å²) in [5.74, 6) is 0.431. The number of rotatable bonds is 7. The molecule has 0 unspecified atom stereocenters. The van der Waals surface area contributed by atoms with Crippen molar-refractivity contribution in [2.24, 2.45) is 4.99 Å². The predicted molar refractivity (Wildman–Crippen MR) is 106 cm³/mol. The van der Waals surface area contributed by atoms with Crippen molar-refractivity contribution in [1.29, 1.82) is 0 Å². The van der Waals surface area contributed by atoms with Gasteiger partial charge in [-0.1, -0.05) is 36.4 Å². The van der Waals surface area contributed by atoms with Gasteiger partial charge in [0.15, 0.2) is 5.96 Å². The summed E-state index contributed by atoms with van der Waals surface area (Å²) in [5.41, 5.74) is 2.67.